The van der Waals surface area contributed by atoms with Crippen molar-refractivity contribution in [1.82, 2.24) is 0 Å². The van der Waals surface area contributed by atoms with Crippen molar-refractivity contribution >= 4 is 0 Å². The summed E-state index contributed by atoms with van der Waals surface area (Å²) in [7, 11) is 1.65. The third-order valence-electron chi connectivity index (χ3n) is 3.86. The van der Waals surface area contributed by atoms with E-state index in [0.717, 1.165) is 24.2 Å². The first-order valence-corrected chi connectivity index (χ1v) is 6.39. The van der Waals surface area contributed by atoms with Crippen LogP contribution in [0.1, 0.15) is 49.8 Å². The Morgan fingerprint density at radius 1 is 1.39 bits per heavy atom. The van der Waals surface area contributed by atoms with E-state index in [1.165, 1.54) is 5.56 Å². The van der Waals surface area contributed by atoms with E-state index >= 15 is 0 Å². The lowest BCUT2D eigenvalue weighted by molar-refractivity contribution is 0.396. The Bertz CT molecular complexity index is 484. The highest BCUT2D eigenvalue weighted by Crippen LogP contribution is 2.54. The van der Waals surface area contributed by atoms with Crippen molar-refractivity contribution in [1.29, 1.82) is 5.26 Å². The second-order valence-corrected chi connectivity index (χ2v) is 5.40. The summed E-state index contributed by atoms with van der Waals surface area (Å²) in [6.45, 7) is 4.29. The van der Waals surface area contributed by atoms with E-state index < -0.39 is 0 Å². The number of benzene rings is 1. The van der Waals surface area contributed by atoms with Crippen molar-refractivity contribution in [3.05, 3.63) is 29.3 Å². The minimum atomic E-state index is -0.372. The lowest BCUT2D eigenvalue weighted by atomic mass is 9.89. The Morgan fingerprint density at radius 3 is 2.50 bits per heavy atom. The summed E-state index contributed by atoms with van der Waals surface area (Å²) >= 11 is 0. The summed E-state index contributed by atoms with van der Waals surface area (Å²) < 4.78 is 5.38. The molecule has 0 spiro atoms. The van der Waals surface area contributed by atoms with Gasteiger partial charge in [-0.15, -0.1) is 0 Å². The van der Waals surface area contributed by atoms with Gasteiger partial charge in [0.05, 0.1) is 24.6 Å². The van der Waals surface area contributed by atoms with Crippen LogP contribution in [-0.4, -0.2) is 7.11 Å². The number of methoxy groups -OCH3 is 1. The first-order valence-electron chi connectivity index (χ1n) is 6.39. The molecule has 0 bridgehead atoms. The minimum Gasteiger partial charge on any atom is -0.496 e. The molecule has 0 radical (unpaired) electrons. The van der Waals surface area contributed by atoms with Crippen molar-refractivity contribution in [3.63, 3.8) is 0 Å². The van der Waals surface area contributed by atoms with Crippen LogP contribution < -0.4 is 10.5 Å². The summed E-state index contributed by atoms with van der Waals surface area (Å²) in [6.07, 6.45) is 1.78. The Balaban J connectivity index is 2.41. The fourth-order valence-electron chi connectivity index (χ4n) is 2.28. The van der Waals surface area contributed by atoms with Crippen LogP contribution in [0.2, 0.25) is 0 Å². The van der Waals surface area contributed by atoms with Gasteiger partial charge in [-0.05, 0) is 30.4 Å². The van der Waals surface area contributed by atoms with Gasteiger partial charge >= 0.3 is 0 Å². The predicted molar refractivity (Wildman–Crippen MR) is 71.3 cm³/mol. The van der Waals surface area contributed by atoms with Crippen LogP contribution in [0.4, 0.5) is 0 Å². The van der Waals surface area contributed by atoms with Crippen molar-refractivity contribution in [3.8, 4) is 11.8 Å². The summed E-state index contributed by atoms with van der Waals surface area (Å²) in [4.78, 5) is 0. The highest BCUT2D eigenvalue weighted by molar-refractivity contribution is 5.43. The van der Waals surface area contributed by atoms with Crippen molar-refractivity contribution in [2.75, 3.05) is 7.11 Å². The summed E-state index contributed by atoms with van der Waals surface area (Å²) in [5.41, 5.74) is 8.11. The predicted octanol–water partition coefficient (Wildman–Crippen LogP) is 3.12. The second kappa shape index (κ2) is 4.62. The lowest BCUT2D eigenvalue weighted by Gasteiger charge is -2.21. The second-order valence-electron chi connectivity index (χ2n) is 5.40. The zero-order valence-electron chi connectivity index (χ0n) is 11.2. The van der Waals surface area contributed by atoms with E-state index in [4.69, 9.17) is 10.5 Å². The van der Waals surface area contributed by atoms with Crippen LogP contribution in [0.3, 0.4) is 0 Å². The van der Waals surface area contributed by atoms with Gasteiger partial charge in [-0.2, -0.15) is 5.26 Å². The maximum absolute atomic E-state index is 9.26. The van der Waals surface area contributed by atoms with Crippen molar-refractivity contribution in [2.24, 2.45) is 11.1 Å². The number of hydrogen-bond acceptors (Lipinski definition) is 3. The average Bonchev–Trinajstić information content (AvgIpc) is 3.18. The molecule has 1 aromatic rings. The van der Waals surface area contributed by atoms with Gasteiger partial charge in [-0.25, -0.2) is 0 Å². The van der Waals surface area contributed by atoms with Crippen molar-refractivity contribution in [2.45, 2.75) is 38.6 Å². The number of nitrogens with zero attached hydrogens (tertiary/aromatic N) is 1. The first kappa shape index (κ1) is 12.9. The number of ether oxygens (including phenoxy) is 1. The zero-order valence-corrected chi connectivity index (χ0v) is 11.2. The van der Waals surface area contributed by atoms with Gasteiger partial charge in [-0.1, -0.05) is 26.0 Å². The molecule has 18 heavy (non-hydrogen) atoms. The van der Waals surface area contributed by atoms with Crippen LogP contribution in [0.25, 0.3) is 0 Å². The third-order valence-corrected chi connectivity index (χ3v) is 3.86. The monoisotopic (exact) mass is 244 g/mol. The molecular formula is C15H20N2O. The molecule has 2 rings (SSSR count). The topological polar surface area (TPSA) is 59.0 Å². The number of nitrogens with two attached hydrogens (primary N) is 1. The minimum absolute atomic E-state index is 0.254. The van der Waals surface area contributed by atoms with Crippen LogP contribution >= 0.6 is 0 Å². The van der Waals surface area contributed by atoms with Crippen LogP contribution in [0.15, 0.2) is 18.2 Å². The molecule has 1 saturated carbocycles. The van der Waals surface area contributed by atoms with E-state index in [2.05, 4.69) is 32.0 Å². The SMILES string of the molecule is COc1ccc(C(C)C)cc1C(N)C1(C#N)CC1. The smallest absolute Gasteiger partial charge is 0.123 e. The maximum Gasteiger partial charge on any atom is 0.123 e. The fraction of sp³-hybridized carbons (Fsp3) is 0.533. The van der Waals surface area contributed by atoms with Crippen LogP contribution in [0, 0.1) is 16.7 Å². The highest BCUT2D eigenvalue weighted by Gasteiger charge is 2.49. The molecule has 2 N–H and O–H groups in total. The van der Waals surface area contributed by atoms with E-state index in [1.54, 1.807) is 7.11 Å². The summed E-state index contributed by atoms with van der Waals surface area (Å²) in [5, 5.41) is 9.26. The average molecular weight is 244 g/mol. The number of hydrogen-bond donors (Lipinski definition) is 1. The molecular weight excluding hydrogens is 224 g/mol. The van der Waals surface area contributed by atoms with Gasteiger partial charge in [0.15, 0.2) is 0 Å². The number of rotatable bonds is 4. The molecule has 0 aromatic heterocycles. The standard InChI is InChI=1S/C15H20N2O/c1-10(2)11-4-5-13(18-3)12(8-11)14(17)15(9-16)6-7-15/h4-5,8,10,14H,6-7,17H2,1-3H3. The molecule has 0 aliphatic heterocycles. The molecule has 3 nitrogen and oxygen atoms in total. The number of nitriles is 1. The Kier molecular flexibility index (Phi) is 3.32. The maximum atomic E-state index is 9.26. The molecule has 96 valence electrons. The summed E-state index contributed by atoms with van der Waals surface area (Å²) in [6, 6.07) is 8.22. The Morgan fingerprint density at radius 2 is 2.06 bits per heavy atom. The van der Waals surface area contributed by atoms with E-state index in [1.807, 2.05) is 6.07 Å². The van der Waals surface area contributed by atoms with Gasteiger partial charge in [0.25, 0.3) is 0 Å². The van der Waals surface area contributed by atoms with Crippen molar-refractivity contribution < 1.29 is 4.74 Å². The molecule has 1 aromatic carbocycles. The third kappa shape index (κ3) is 2.09. The van der Waals surface area contributed by atoms with Gasteiger partial charge in [0, 0.05) is 5.56 Å². The molecule has 0 heterocycles. The zero-order chi connectivity index (χ0) is 13.3. The molecule has 1 atom stereocenters. The van der Waals surface area contributed by atoms with E-state index in [-0.39, 0.29) is 11.5 Å². The fourth-order valence-corrected chi connectivity index (χ4v) is 2.28. The normalized spacial score (nSPS) is 18.2. The van der Waals surface area contributed by atoms with Crippen LogP contribution in [0.5, 0.6) is 5.75 Å². The van der Waals surface area contributed by atoms with Gasteiger partial charge in [-0.3, -0.25) is 0 Å². The first-order chi connectivity index (χ1) is 8.54. The Hall–Kier alpha value is -1.53. The van der Waals surface area contributed by atoms with E-state index in [0.29, 0.717) is 5.92 Å². The van der Waals surface area contributed by atoms with Gasteiger partial charge in [0.1, 0.15) is 5.75 Å². The lowest BCUT2D eigenvalue weighted by Crippen LogP contribution is -2.22. The molecule has 1 aliphatic carbocycles. The molecule has 1 fully saturated rings. The van der Waals surface area contributed by atoms with Gasteiger partial charge in [0.2, 0.25) is 0 Å². The largest absolute Gasteiger partial charge is 0.496 e. The Labute approximate surface area is 109 Å². The van der Waals surface area contributed by atoms with E-state index in [9.17, 15) is 5.26 Å². The highest BCUT2D eigenvalue weighted by atomic mass is 16.5. The summed E-state index contributed by atoms with van der Waals surface area (Å²) in [5.74, 6) is 1.23. The molecule has 0 amide bonds. The quantitative estimate of drug-likeness (QED) is 0.885. The molecule has 0 saturated heterocycles. The van der Waals surface area contributed by atoms with Gasteiger partial charge < -0.3 is 10.5 Å². The molecule has 3 heteroatoms. The van der Waals surface area contributed by atoms with Crippen LogP contribution in [-0.2, 0) is 0 Å². The molecule has 1 aliphatic rings. The molecule has 1 unspecified atom stereocenters.